The normalized spacial score (nSPS) is 10.9. The largest absolute Gasteiger partial charge is 0.348 e. The van der Waals surface area contributed by atoms with Crippen LogP contribution >= 0.6 is 0 Å². The highest BCUT2D eigenvalue weighted by atomic mass is 16.1. The number of hydrogen-bond acceptors (Lipinski definition) is 4. The van der Waals surface area contributed by atoms with E-state index in [2.05, 4.69) is 37.5 Å². The van der Waals surface area contributed by atoms with Gasteiger partial charge in [-0.15, -0.1) is 0 Å². The second-order valence-corrected chi connectivity index (χ2v) is 6.56. The van der Waals surface area contributed by atoms with Crippen LogP contribution in [-0.4, -0.2) is 40.1 Å². The van der Waals surface area contributed by atoms with Crippen molar-refractivity contribution in [3.05, 3.63) is 71.0 Å². The molecule has 1 aromatic heterocycles. The summed E-state index contributed by atoms with van der Waals surface area (Å²) in [5.74, 6) is 1.22. The summed E-state index contributed by atoms with van der Waals surface area (Å²) in [4.78, 5) is 18.9. The van der Waals surface area contributed by atoms with Crippen molar-refractivity contribution < 1.29 is 4.79 Å². The fourth-order valence-electron chi connectivity index (χ4n) is 2.68. The Bertz CT molecular complexity index is 883. The van der Waals surface area contributed by atoms with E-state index in [0.717, 1.165) is 23.5 Å². The molecule has 0 aliphatic rings. The summed E-state index contributed by atoms with van der Waals surface area (Å²) in [7, 11) is 4.09. The fraction of sp³-hybridized carbons (Fsp3) is 0.250. The second kappa shape index (κ2) is 7.93. The van der Waals surface area contributed by atoms with Crippen molar-refractivity contribution in [3.63, 3.8) is 0 Å². The number of aryl methyl sites for hydroxylation is 1. The molecule has 26 heavy (non-hydrogen) atoms. The molecule has 0 radical (unpaired) electrons. The van der Waals surface area contributed by atoms with Gasteiger partial charge in [0, 0.05) is 24.2 Å². The Kier molecular flexibility index (Phi) is 5.43. The Balaban J connectivity index is 1.63. The van der Waals surface area contributed by atoms with E-state index in [1.165, 1.54) is 5.56 Å². The number of nitrogens with one attached hydrogen (secondary N) is 2. The lowest BCUT2D eigenvalue weighted by Gasteiger charge is -2.10. The first-order valence-electron chi connectivity index (χ1n) is 8.51. The molecule has 0 unspecified atom stereocenters. The molecule has 0 fully saturated rings. The predicted molar refractivity (Wildman–Crippen MR) is 102 cm³/mol. The number of benzene rings is 2. The summed E-state index contributed by atoms with van der Waals surface area (Å²) in [5, 5.41) is 9.91. The lowest BCUT2D eigenvalue weighted by molar-refractivity contribution is 0.0951. The first-order valence-corrected chi connectivity index (χ1v) is 8.51. The number of amides is 1. The Morgan fingerprint density at radius 1 is 1.12 bits per heavy atom. The minimum Gasteiger partial charge on any atom is -0.348 e. The molecule has 0 saturated heterocycles. The molecule has 1 heterocycles. The van der Waals surface area contributed by atoms with Crippen molar-refractivity contribution in [1.29, 1.82) is 0 Å². The number of aromatic nitrogens is 3. The van der Waals surface area contributed by atoms with E-state index in [9.17, 15) is 4.79 Å². The van der Waals surface area contributed by atoms with Gasteiger partial charge in [0.15, 0.2) is 5.82 Å². The number of rotatable bonds is 6. The number of aromatic amines is 1. The molecule has 0 atom stereocenters. The highest BCUT2D eigenvalue weighted by Crippen LogP contribution is 2.16. The van der Waals surface area contributed by atoms with E-state index >= 15 is 0 Å². The molecule has 3 rings (SSSR count). The maximum Gasteiger partial charge on any atom is 0.251 e. The van der Waals surface area contributed by atoms with Crippen LogP contribution in [0.1, 0.15) is 27.3 Å². The van der Waals surface area contributed by atoms with Crippen LogP contribution in [0.15, 0.2) is 48.5 Å². The topological polar surface area (TPSA) is 73.9 Å². The molecule has 0 bridgehead atoms. The summed E-state index contributed by atoms with van der Waals surface area (Å²) < 4.78 is 0. The fourth-order valence-corrected chi connectivity index (χ4v) is 2.68. The van der Waals surface area contributed by atoms with Crippen molar-refractivity contribution in [2.24, 2.45) is 0 Å². The SMILES string of the molecule is Cc1nc(-c2cccc(C(=O)NCc3ccc(CN(C)C)cc3)c2)n[nH]1. The van der Waals surface area contributed by atoms with Crippen LogP contribution in [0, 0.1) is 6.92 Å². The van der Waals surface area contributed by atoms with Gasteiger partial charge in [-0.2, -0.15) is 5.10 Å². The van der Waals surface area contributed by atoms with Gasteiger partial charge in [-0.05, 0) is 44.3 Å². The average molecular weight is 349 g/mol. The predicted octanol–water partition coefficient (Wildman–Crippen LogP) is 2.77. The third-order valence-electron chi connectivity index (χ3n) is 3.96. The molecule has 2 aromatic carbocycles. The van der Waals surface area contributed by atoms with Crippen LogP contribution in [-0.2, 0) is 13.1 Å². The smallest absolute Gasteiger partial charge is 0.251 e. The van der Waals surface area contributed by atoms with E-state index in [-0.39, 0.29) is 5.91 Å². The molecular formula is C20H23N5O. The van der Waals surface area contributed by atoms with E-state index in [1.807, 2.05) is 45.3 Å². The summed E-state index contributed by atoms with van der Waals surface area (Å²) >= 11 is 0. The van der Waals surface area contributed by atoms with Gasteiger partial charge in [0.05, 0.1) is 0 Å². The molecule has 0 spiro atoms. The number of carbonyl (C=O) groups is 1. The molecule has 0 aliphatic carbocycles. The lowest BCUT2D eigenvalue weighted by atomic mass is 10.1. The quantitative estimate of drug-likeness (QED) is 0.718. The third-order valence-corrected chi connectivity index (χ3v) is 3.96. The second-order valence-electron chi connectivity index (χ2n) is 6.56. The van der Waals surface area contributed by atoms with Gasteiger partial charge < -0.3 is 10.2 Å². The average Bonchev–Trinajstić information content (AvgIpc) is 3.07. The van der Waals surface area contributed by atoms with Crippen LogP contribution < -0.4 is 5.32 Å². The minimum absolute atomic E-state index is 0.114. The zero-order valence-electron chi connectivity index (χ0n) is 15.3. The van der Waals surface area contributed by atoms with Gasteiger partial charge in [0.1, 0.15) is 5.82 Å². The van der Waals surface area contributed by atoms with Gasteiger partial charge in [-0.25, -0.2) is 4.98 Å². The maximum absolute atomic E-state index is 12.5. The highest BCUT2D eigenvalue weighted by Gasteiger charge is 2.09. The monoisotopic (exact) mass is 349 g/mol. The van der Waals surface area contributed by atoms with Crippen LogP contribution in [0.5, 0.6) is 0 Å². The van der Waals surface area contributed by atoms with Crippen molar-refractivity contribution in [3.8, 4) is 11.4 Å². The zero-order valence-corrected chi connectivity index (χ0v) is 15.3. The van der Waals surface area contributed by atoms with E-state index in [4.69, 9.17) is 0 Å². The van der Waals surface area contributed by atoms with Gasteiger partial charge in [-0.3, -0.25) is 9.89 Å². The van der Waals surface area contributed by atoms with Gasteiger partial charge >= 0.3 is 0 Å². The maximum atomic E-state index is 12.5. The molecule has 0 aliphatic heterocycles. The highest BCUT2D eigenvalue weighted by molar-refractivity contribution is 5.95. The summed E-state index contributed by atoms with van der Waals surface area (Å²) in [5.41, 5.74) is 3.73. The minimum atomic E-state index is -0.114. The van der Waals surface area contributed by atoms with Crippen molar-refractivity contribution in [2.75, 3.05) is 14.1 Å². The van der Waals surface area contributed by atoms with Crippen LogP contribution in [0.3, 0.4) is 0 Å². The standard InChI is InChI=1S/C20H23N5O/c1-14-22-19(24-23-14)17-5-4-6-18(11-17)20(26)21-12-15-7-9-16(10-8-15)13-25(2)3/h4-11H,12-13H2,1-3H3,(H,21,26)(H,22,23,24). The molecule has 1 amide bonds. The number of carbonyl (C=O) groups excluding carboxylic acids is 1. The van der Waals surface area contributed by atoms with E-state index in [1.54, 1.807) is 12.1 Å². The molecule has 3 aromatic rings. The Morgan fingerprint density at radius 3 is 2.50 bits per heavy atom. The van der Waals surface area contributed by atoms with E-state index in [0.29, 0.717) is 17.9 Å². The zero-order chi connectivity index (χ0) is 18.5. The van der Waals surface area contributed by atoms with Crippen LogP contribution in [0.4, 0.5) is 0 Å². The Labute approximate surface area is 153 Å². The first-order chi connectivity index (χ1) is 12.5. The number of nitrogens with zero attached hydrogens (tertiary/aromatic N) is 3. The molecule has 0 saturated carbocycles. The van der Waals surface area contributed by atoms with Crippen LogP contribution in [0.2, 0.25) is 0 Å². The van der Waals surface area contributed by atoms with Crippen molar-refractivity contribution in [2.45, 2.75) is 20.0 Å². The van der Waals surface area contributed by atoms with Crippen molar-refractivity contribution in [1.82, 2.24) is 25.4 Å². The van der Waals surface area contributed by atoms with Gasteiger partial charge in [0.2, 0.25) is 0 Å². The van der Waals surface area contributed by atoms with Crippen molar-refractivity contribution >= 4 is 5.91 Å². The van der Waals surface area contributed by atoms with E-state index < -0.39 is 0 Å². The summed E-state index contributed by atoms with van der Waals surface area (Å²) in [6.07, 6.45) is 0. The molecule has 2 N–H and O–H groups in total. The first kappa shape index (κ1) is 17.8. The molecular weight excluding hydrogens is 326 g/mol. The molecule has 134 valence electrons. The summed E-state index contributed by atoms with van der Waals surface area (Å²) in [6, 6.07) is 15.6. The molecule has 6 nitrogen and oxygen atoms in total. The van der Waals surface area contributed by atoms with Crippen LogP contribution in [0.25, 0.3) is 11.4 Å². The Morgan fingerprint density at radius 2 is 1.85 bits per heavy atom. The van der Waals surface area contributed by atoms with Gasteiger partial charge in [-0.1, -0.05) is 36.4 Å². The molecule has 6 heteroatoms. The third kappa shape index (κ3) is 4.55. The number of hydrogen-bond donors (Lipinski definition) is 2. The lowest BCUT2D eigenvalue weighted by Crippen LogP contribution is -2.22. The summed E-state index contributed by atoms with van der Waals surface area (Å²) in [6.45, 7) is 3.24. The number of H-pyrrole nitrogens is 1. The Hall–Kier alpha value is -2.99. The van der Waals surface area contributed by atoms with Gasteiger partial charge in [0.25, 0.3) is 5.91 Å².